The number of pyridine rings is 1. The first-order chi connectivity index (χ1) is 9.49. The first-order valence-electron chi connectivity index (χ1n) is 6.02. The van der Waals surface area contributed by atoms with Crippen LogP contribution in [-0.2, 0) is 10.0 Å². The molecule has 1 N–H and O–H groups in total. The molecule has 0 aliphatic heterocycles. The first-order valence-corrected chi connectivity index (χ1v) is 7.50. The van der Waals surface area contributed by atoms with Crippen molar-refractivity contribution in [3.63, 3.8) is 0 Å². The summed E-state index contributed by atoms with van der Waals surface area (Å²) in [5.74, 6) is 0. The molecule has 20 heavy (non-hydrogen) atoms. The quantitative estimate of drug-likeness (QED) is 0.692. The number of hydrogen-bond acceptors (Lipinski definition) is 4. The fraction of sp³-hybridized carbons (Fsp3) is 0.143. The largest absolute Gasteiger partial charge is 0.276 e. The highest BCUT2D eigenvalue weighted by molar-refractivity contribution is 7.89. The molecule has 104 valence electrons. The summed E-state index contributed by atoms with van der Waals surface area (Å²) in [6.07, 6.45) is 3.26. The van der Waals surface area contributed by atoms with Crippen LogP contribution in [0, 0.1) is 6.92 Å². The number of rotatable bonds is 4. The van der Waals surface area contributed by atoms with Crippen LogP contribution in [0.3, 0.4) is 0 Å². The summed E-state index contributed by atoms with van der Waals surface area (Å²) < 4.78 is 24.1. The van der Waals surface area contributed by atoms with E-state index >= 15 is 0 Å². The van der Waals surface area contributed by atoms with Crippen molar-refractivity contribution >= 4 is 15.7 Å². The lowest BCUT2D eigenvalue weighted by atomic mass is 10.2. The van der Waals surface area contributed by atoms with Gasteiger partial charge in [0.1, 0.15) is 0 Å². The highest BCUT2D eigenvalue weighted by atomic mass is 32.2. The Kier molecular flexibility index (Phi) is 4.14. The van der Waals surface area contributed by atoms with Gasteiger partial charge in [-0.3, -0.25) is 4.98 Å². The van der Waals surface area contributed by atoms with Gasteiger partial charge in [0.2, 0.25) is 0 Å². The molecule has 0 saturated heterocycles. The van der Waals surface area contributed by atoms with Crippen molar-refractivity contribution in [2.75, 3.05) is 0 Å². The molecule has 0 fully saturated rings. The minimum absolute atomic E-state index is 0.189. The van der Waals surface area contributed by atoms with Crippen LogP contribution in [0.4, 0.5) is 0 Å². The molecule has 0 unspecified atom stereocenters. The Bertz CT molecular complexity index is 708. The van der Waals surface area contributed by atoms with Crippen molar-refractivity contribution in [1.82, 2.24) is 9.82 Å². The number of nitrogens with zero attached hydrogens (tertiary/aromatic N) is 2. The molecule has 2 aromatic rings. The van der Waals surface area contributed by atoms with Gasteiger partial charge in [0.05, 0.1) is 10.6 Å². The van der Waals surface area contributed by atoms with Gasteiger partial charge in [0.25, 0.3) is 10.0 Å². The minimum Gasteiger partial charge on any atom is -0.265 e. The van der Waals surface area contributed by atoms with E-state index in [9.17, 15) is 8.42 Å². The molecular formula is C14H15N3O2S. The van der Waals surface area contributed by atoms with Gasteiger partial charge in [-0.2, -0.15) is 18.4 Å². The molecule has 0 atom stereocenters. The zero-order valence-corrected chi connectivity index (χ0v) is 12.1. The van der Waals surface area contributed by atoms with Crippen LogP contribution in [0.2, 0.25) is 0 Å². The first kappa shape index (κ1) is 14.2. The highest BCUT2D eigenvalue weighted by Gasteiger charge is 2.12. The fourth-order valence-corrected chi connectivity index (χ4v) is 2.41. The lowest BCUT2D eigenvalue weighted by Gasteiger charge is -2.05. The van der Waals surface area contributed by atoms with Crippen LogP contribution in [0.25, 0.3) is 0 Å². The lowest BCUT2D eigenvalue weighted by Crippen LogP contribution is -2.19. The van der Waals surface area contributed by atoms with Crippen molar-refractivity contribution in [1.29, 1.82) is 0 Å². The summed E-state index contributed by atoms with van der Waals surface area (Å²) in [6, 6.07) is 10.1. The number of hydrogen-bond donors (Lipinski definition) is 1. The van der Waals surface area contributed by atoms with Gasteiger partial charge < -0.3 is 0 Å². The number of nitrogens with one attached hydrogen (secondary N) is 1. The van der Waals surface area contributed by atoms with Crippen LogP contribution in [0.1, 0.15) is 18.1 Å². The van der Waals surface area contributed by atoms with Gasteiger partial charge in [-0.05, 0) is 38.1 Å². The number of benzene rings is 1. The molecule has 0 aliphatic rings. The summed E-state index contributed by atoms with van der Waals surface area (Å²) in [7, 11) is -3.63. The van der Waals surface area contributed by atoms with E-state index in [0.717, 1.165) is 11.1 Å². The Morgan fingerprint density at radius 3 is 2.30 bits per heavy atom. The van der Waals surface area contributed by atoms with Crippen LogP contribution < -0.4 is 4.83 Å². The van der Waals surface area contributed by atoms with E-state index in [0.29, 0.717) is 5.71 Å². The van der Waals surface area contributed by atoms with Gasteiger partial charge in [-0.15, -0.1) is 0 Å². The molecule has 6 heteroatoms. The smallest absolute Gasteiger partial charge is 0.265 e. The van der Waals surface area contributed by atoms with Crippen LogP contribution in [0.5, 0.6) is 0 Å². The van der Waals surface area contributed by atoms with Crippen molar-refractivity contribution in [3.8, 4) is 0 Å². The van der Waals surface area contributed by atoms with Crippen LogP contribution in [-0.4, -0.2) is 19.1 Å². The predicted octanol–water partition coefficient (Wildman–Crippen LogP) is 2.09. The predicted molar refractivity (Wildman–Crippen MR) is 77.9 cm³/mol. The lowest BCUT2D eigenvalue weighted by molar-refractivity contribution is 0.584. The Hall–Kier alpha value is -2.21. The zero-order valence-electron chi connectivity index (χ0n) is 11.2. The number of aryl methyl sites for hydroxylation is 1. The normalized spacial score (nSPS) is 12.2. The Labute approximate surface area is 118 Å². The molecule has 1 aromatic heterocycles. The Morgan fingerprint density at radius 2 is 1.70 bits per heavy atom. The number of hydrazone groups is 1. The van der Waals surface area contributed by atoms with Crippen molar-refractivity contribution in [2.45, 2.75) is 18.7 Å². The molecule has 5 nitrogen and oxygen atoms in total. The maximum Gasteiger partial charge on any atom is 0.276 e. The van der Waals surface area contributed by atoms with E-state index in [1.165, 1.54) is 0 Å². The molecule has 0 amide bonds. The molecule has 1 heterocycles. The highest BCUT2D eigenvalue weighted by Crippen LogP contribution is 2.10. The van der Waals surface area contributed by atoms with Crippen LogP contribution in [0.15, 0.2) is 58.8 Å². The summed E-state index contributed by atoms with van der Waals surface area (Å²) in [4.78, 5) is 6.32. The molecule has 0 spiro atoms. The summed E-state index contributed by atoms with van der Waals surface area (Å²) in [6.45, 7) is 3.63. The third kappa shape index (κ3) is 3.42. The van der Waals surface area contributed by atoms with Crippen molar-refractivity contribution in [2.24, 2.45) is 5.10 Å². The zero-order chi connectivity index (χ0) is 14.6. The SMILES string of the molecule is CC(=NNS(=O)(=O)c1ccc(C)cc1)c1ccncc1. The van der Waals surface area contributed by atoms with E-state index in [4.69, 9.17) is 0 Å². The Morgan fingerprint density at radius 1 is 1.10 bits per heavy atom. The molecule has 2 rings (SSSR count). The van der Waals surface area contributed by atoms with Crippen molar-refractivity contribution in [3.05, 3.63) is 59.9 Å². The summed E-state index contributed by atoms with van der Waals surface area (Å²) in [5, 5.41) is 3.92. The van der Waals surface area contributed by atoms with Crippen molar-refractivity contribution < 1.29 is 8.42 Å². The average Bonchev–Trinajstić information content (AvgIpc) is 2.46. The van der Waals surface area contributed by atoms with E-state index in [2.05, 4.69) is 14.9 Å². The molecule has 0 aliphatic carbocycles. The molecule has 0 bridgehead atoms. The number of sulfonamides is 1. The second-order valence-electron chi connectivity index (χ2n) is 4.34. The maximum absolute atomic E-state index is 12.0. The topological polar surface area (TPSA) is 71.4 Å². The van der Waals surface area contributed by atoms with E-state index in [1.54, 1.807) is 55.7 Å². The van der Waals surface area contributed by atoms with E-state index in [1.807, 2.05) is 6.92 Å². The van der Waals surface area contributed by atoms with Crippen LogP contribution >= 0.6 is 0 Å². The molecule has 1 aromatic carbocycles. The average molecular weight is 289 g/mol. The molecule has 0 saturated carbocycles. The minimum atomic E-state index is -3.63. The standard InChI is InChI=1S/C14H15N3O2S/c1-11-3-5-14(6-4-11)20(18,19)17-16-12(2)13-7-9-15-10-8-13/h3-10,17H,1-2H3. The van der Waals surface area contributed by atoms with Gasteiger partial charge in [-0.1, -0.05) is 17.7 Å². The monoisotopic (exact) mass is 289 g/mol. The van der Waals surface area contributed by atoms with E-state index in [-0.39, 0.29) is 4.90 Å². The number of aromatic nitrogens is 1. The third-order valence-electron chi connectivity index (χ3n) is 2.76. The van der Waals surface area contributed by atoms with Gasteiger partial charge >= 0.3 is 0 Å². The fourth-order valence-electron chi connectivity index (χ4n) is 1.56. The maximum atomic E-state index is 12.0. The summed E-state index contributed by atoms with van der Waals surface area (Å²) >= 11 is 0. The van der Waals surface area contributed by atoms with E-state index < -0.39 is 10.0 Å². The Balaban J connectivity index is 2.19. The van der Waals surface area contributed by atoms with Gasteiger partial charge in [0, 0.05) is 18.0 Å². The molecular weight excluding hydrogens is 274 g/mol. The third-order valence-corrected chi connectivity index (χ3v) is 3.99. The van der Waals surface area contributed by atoms with Gasteiger partial charge in [0.15, 0.2) is 0 Å². The second-order valence-corrected chi connectivity index (χ2v) is 6.00. The summed E-state index contributed by atoms with van der Waals surface area (Å²) in [5.41, 5.74) is 2.38. The second kappa shape index (κ2) is 5.83. The molecule has 0 radical (unpaired) electrons. The van der Waals surface area contributed by atoms with Gasteiger partial charge in [-0.25, -0.2) is 0 Å².